The number of rotatable bonds is 2. The highest BCUT2D eigenvalue weighted by Crippen LogP contribution is 2.25. The van der Waals surface area contributed by atoms with E-state index in [0.717, 1.165) is 16.9 Å². The third-order valence-corrected chi connectivity index (χ3v) is 3.87. The van der Waals surface area contributed by atoms with Gasteiger partial charge in [0.15, 0.2) is 5.78 Å². The number of aromatic nitrogens is 1. The first-order valence-corrected chi connectivity index (χ1v) is 7.33. The van der Waals surface area contributed by atoms with Crippen molar-refractivity contribution in [3.63, 3.8) is 0 Å². The predicted octanol–water partition coefficient (Wildman–Crippen LogP) is 2.94. The first-order valence-electron chi connectivity index (χ1n) is 7.33. The molecule has 0 spiro atoms. The Morgan fingerprint density at radius 1 is 1.23 bits per heavy atom. The molecular weight excluding hydrogens is 280 g/mol. The number of benzene rings is 1. The van der Waals surface area contributed by atoms with Crippen molar-refractivity contribution in [3.05, 3.63) is 53.3 Å². The van der Waals surface area contributed by atoms with Crippen molar-refractivity contribution in [2.75, 3.05) is 13.2 Å². The van der Waals surface area contributed by atoms with Crippen molar-refractivity contribution in [1.82, 2.24) is 9.47 Å². The van der Waals surface area contributed by atoms with Gasteiger partial charge in [-0.3, -0.25) is 9.69 Å². The molecule has 0 N–H and O–H groups in total. The van der Waals surface area contributed by atoms with Gasteiger partial charge < -0.3 is 9.30 Å². The van der Waals surface area contributed by atoms with Gasteiger partial charge in [0, 0.05) is 17.4 Å². The Hall–Kier alpha value is -2.56. The molecule has 1 aromatic heterocycles. The number of hydrogen-bond acceptors (Lipinski definition) is 3. The van der Waals surface area contributed by atoms with Gasteiger partial charge in [0.1, 0.15) is 0 Å². The summed E-state index contributed by atoms with van der Waals surface area (Å²) in [5.41, 5.74) is 3.64. The summed E-state index contributed by atoms with van der Waals surface area (Å²) < 4.78 is 7.00. The molecule has 2 aromatic rings. The number of ketones is 1. The first-order chi connectivity index (χ1) is 10.6. The van der Waals surface area contributed by atoms with Crippen molar-refractivity contribution < 1.29 is 14.3 Å². The van der Waals surface area contributed by atoms with Gasteiger partial charge in [-0.15, -0.1) is 0 Å². The predicted molar refractivity (Wildman–Crippen MR) is 82.3 cm³/mol. The van der Waals surface area contributed by atoms with Crippen molar-refractivity contribution in [3.8, 4) is 5.69 Å². The van der Waals surface area contributed by atoms with Gasteiger partial charge >= 0.3 is 6.09 Å². The van der Waals surface area contributed by atoms with Crippen LogP contribution < -0.4 is 0 Å². The maximum absolute atomic E-state index is 12.3. The van der Waals surface area contributed by atoms with Crippen LogP contribution in [0.1, 0.15) is 28.5 Å². The highest BCUT2D eigenvalue weighted by Gasteiger charge is 2.30. The van der Waals surface area contributed by atoms with Crippen LogP contribution in [-0.2, 0) is 11.3 Å². The minimum atomic E-state index is -0.445. The fourth-order valence-corrected chi connectivity index (χ4v) is 2.78. The average molecular weight is 298 g/mol. The number of carbonyl (C=O) groups is 2. The number of aryl methyl sites for hydroxylation is 1. The Bertz CT molecular complexity index is 733. The number of carbonyl (C=O) groups excluding carboxylic acids is 2. The second-order valence-corrected chi connectivity index (χ2v) is 5.31. The van der Waals surface area contributed by atoms with E-state index in [1.54, 1.807) is 6.92 Å². The van der Waals surface area contributed by atoms with E-state index in [-0.39, 0.29) is 12.3 Å². The van der Waals surface area contributed by atoms with Crippen LogP contribution in [0.4, 0.5) is 4.79 Å². The molecule has 2 heterocycles. The summed E-state index contributed by atoms with van der Waals surface area (Å²) in [5.74, 6) is -0.0540. The van der Waals surface area contributed by atoms with E-state index < -0.39 is 6.09 Å². The lowest BCUT2D eigenvalue weighted by atomic mass is 10.1. The number of fused-ring (bicyclic) bond motifs is 1. The number of hydrogen-bond donors (Lipinski definition) is 0. The van der Waals surface area contributed by atoms with Crippen LogP contribution >= 0.6 is 0 Å². The van der Waals surface area contributed by atoms with Crippen LogP contribution in [0.2, 0.25) is 0 Å². The minimum Gasteiger partial charge on any atom is -0.450 e. The third-order valence-electron chi connectivity index (χ3n) is 3.87. The molecule has 5 heteroatoms. The molecule has 22 heavy (non-hydrogen) atoms. The molecule has 0 saturated heterocycles. The van der Waals surface area contributed by atoms with Gasteiger partial charge in [-0.1, -0.05) is 18.2 Å². The second kappa shape index (κ2) is 5.67. The molecule has 0 aliphatic carbocycles. The van der Waals surface area contributed by atoms with Crippen LogP contribution in [0.3, 0.4) is 0 Å². The molecular formula is C17H18N2O3. The first kappa shape index (κ1) is 14.4. The number of nitrogens with zero attached hydrogens (tertiary/aromatic N) is 2. The second-order valence-electron chi connectivity index (χ2n) is 5.31. The number of para-hydroxylation sites is 1. The van der Waals surface area contributed by atoms with Gasteiger partial charge in [0.2, 0.25) is 0 Å². The largest absolute Gasteiger partial charge is 0.450 e. The Balaban J connectivity index is 2.01. The van der Waals surface area contributed by atoms with E-state index in [0.29, 0.717) is 18.7 Å². The molecule has 1 aromatic carbocycles. The molecule has 0 bridgehead atoms. The van der Waals surface area contributed by atoms with Crippen LogP contribution in [0.5, 0.6) is 0 Å². The van der Waals surface area contributed by atoms with E-state index in [4.69, 9.17) is 4.74 Å². The Morgan fingerprint density at radius 3 is 2.73 bits per heavy atom. The van der Waals surface area contributed by atoms with E-state index in [1.807, 2.05) is 48.0 Å². The van der Waals surface area contributed by atoms with Gasteiger partial charge in [-0.25, -0.2) is 4.79 Å². The van der Waals surface area contributed by atoms with Crippen molar-refractivity contribution in [2.45, 2.75) is 20.4 Å². The van der Waals surface area contributed by atoms with E-state index in [2.05, 4.69) is 0 Å². The molecule has 0 radical (unpaired) electrons. The van der Waals surface area contributed by atoms with Crippen LogP contribution in [-0.4, -0.2) is 34.5 Å². The summed E-state index contributed by atoms with van der Waals surface area (Å²) in [7, 11) is 0. The smallest absolute Gasteiger partial charge is 0.410 e. The summed E-state index contributed by atoms with van der Waals surface area (Å²) in [6.45, 7) is 4.53. The van der Waals surface area contributed by atoms with Crippen LogP contribution in [0.15, 0.2) is 36.5 Å². The molecule has 0 saturated carbocycles. The lowest BCUT2D eigenvalue weighted by molar-refractivity contribution is 0.0793. The fourth-order valence-electron chi connectivity index (χ4n) is 2.78. The molecule has 0 unspecified atom stereocenters. The summed E-state index contributed by atoms with van der Waals surface area (Å²) in [4.78, 5) is 25.7. The lowest BCUT2D eigenvalue weighted by Crippen LogP contribution is -2.40. The molecule has 3 rings (SSSR count). The SMILES string of the molecule is CCOC(=O)N1CC(=O)c2ccn(-c3ccccc3C)c2C1. The van der Waals surface area contributed by atoms with Crippen molar-refractivity contribution in [2.24, 2.45) is 0 Å². The van der Waals surface area contributed by atoms with Gasteiger partial charge in [-0.05, 0) is 31.5 Å². The summed E-state index contributed by atoms with van der Waals surface area (Å²) >= 11 is 0. The molecule has 5 nitrogen and oxygen atoms in total. The number of ether oxygens (including phenoxy) is 1. The zero-order valence-electron chi connectivity index (χ0n) is 12.7. The fraction of sp³-hybridized carbons (Fsp3) is 0.294. The van der Waals surface area contributed by atoms with E-state index in [1.165, 1.54) is 4.90 Å². The van der Waals surface area contributed by atoms with Crippen molar-refractivity contribution in [1.29, 1.82) is 0 Å². The van der Waals surface area contributed by atoms with Crippen molar-refractivity contribution >= 4 is 11.9 Å². The molecule has 1 aliphatic rings. The quantitative estimate of drug-likeness (QED) is 0.856. The Morgan fingerprint density at radius 2 is 2.00 bits per heavy atom. The summed E-state index contributed by atoms with van der Waals surface area (Å²) in [6, 6.07) is 9.79. The Labute approximate surface area is 129 Å². The minimum absolute atomic E-state index is 0.0540. The zero-order valence-corrected chi connectivity index (χ0v) is 12.7. The van der Waals surface area contributed by atoms with E-state index in [9.17, 15) is 9.59 Å². The number of Topliss-reactive ketones (excluding diaryl/α,β-unsaturated/α-hetero) is 1. The summed E-state index contributed by atoms with van der Waals surface area (Å²) in [5, 5.41) is 0. The Kier molecular flexibility index (Phi) is 3.71. The average Bonchev–Trinajstić information content (AvgIpc) is 2.92. The van der Waals surface area contributed by atoms with E-state index >= 15 is 0 Å². The highest BCUT2D eigenvalue weighted by atomic mass is 16.6. The molecule has 1 aliphatic heterocycles. The standard InChI is InChI=1S/C17H18N2O3/c1-3-22-17(21)18-10-15-13(16(20)11-18)8-9-19(15)14-7-5-4-6-12(14)2/h4-9H,3,10-11H2,1-2H3. The molecule has 1 amide bonds. The molecule has 0 atom stereocenters. The third kappa shape index (κ3) is 2.39. The van der Waals surface area contributed by atoms with Crippen LogP contribution in [0, 0.1) is 6.92 Å². The normalized spacial score (nSPS) is 13.9. The van der Waals surface area contributed by atoms with Gasteiger partial charge in [0.25, 0.3) is 0 Å². The molecule has 0 fully saturated rings. The van der Waals surface area contributed by atoms with Gasteiger partial charge in [-0.2, -0.15) is 0 Å². The van der Waals surface area contributed by atoms with Gasteiger partial charge in [0.05, 0.1) is 25.4 Å². The zero-order chi connectivity index (χ0) is 15.7. The topological polar surface area (TPSA) is 51.5 Å². The van der Waals surface area contributed by atoms with Crippen LogP contribution in [0.25, 0.3) is 5.69 Å². The maximum atomic E-state index is 12.3. The number of amides is 1. The lowest BCUT2D eigenvalue weighted by Gasteiger charge is -2.27. The highest BCUT2D eigenvalue weighted by molar-refractivity contribution is 6.01. The maximum Gasteiger partial charge on any atom is 0.410 e. The summed E-state index contributed by atoms with van der Waals surface area (Å²) in [6.07, 6.45) is 1.44. The molecule has 114 valence electrons. The monoisotopic (exact) mass is 298 g/mol.